The Morgan fingerprint density at radius 2 is 2.11 bits per heavy atom. The smallest absolute Gasteiger partial charge is 0.119 e. The summed E-state index contributed by atoms with van der Waals surface area (Å²) >= 11 is 1.61. The summed E-state index contributed by atoms with van der Waals surface area (Å²) in [6.07, 6.45) is 1.26. The third-order valence-electron chi connectivity index (χ3n) is 2.46. The molecule has 0 atom stereocenters. The van der Waals surface area contributed by atoms with Gasteiger partial charge in [0, 0.05) is 23.8 Å². The monoisotopic (exact) mass is 258 g/mol. The van der Waals surface area contributed by atoms with Crippen molar-refractivity contribution in [3.05, 3.63) is 34.7 Å². The molecule has 2 aromatic rings. The quantitative estimate of drug-likeness (QED) is 0.822. The van der Waals surface area contributed by atoms with Gasteiger partial charge in [0.1, 0.15) is 5.75 Å². The molecular formula is C14H14N2OS. The largest absolute Gasteiger partial charge is 0.494 e. The summed E-state index contributed by atoms with van der Waals surface area (Å²) in [5.41, 5.74) is 2.05. The molecule has 1 aromatic carbocycles. The summed E-state index contributed by atoms with van der Waals surface area (Å²) in [4.78, 5) is 4.52. The molecule has 0 saturated carbocycles. The van der Waals surface area contributed by atoms with Crippen LogP contribution in [-0.4, -0.2) is 11.6 Å². The molecule has 3 nitrogen and oxygen atoms in total. The lowest BCUT2D eigenvalue weighted by molar-refractivity contribution is 0.340. The van der Waals surface area contributed by atoms with Gasteiger partial charge in [0.15, 0.2) is 0 Å². The normalized spacial score (nSPS) is 10.0. The molecule has 18 heavy (non-hydrogen) atoms. The van der Waals surface area contributed by atoms with Crippen molar-refractivity contribution in [3.8, 4) is 23.1 Å². The number of aromatic nitrogens is 1. The number of thiazole rings is 1. The van der Waals surface area contributed by atoms with Gasteiger partial charge in [-0.2, -0.15) is 5.26 Å². The Hall–Kier alpha value is -1.86. The van der Waals surface area contributed by atoms with E-state index in [-0.39, 0.29) is 0 Å². The van der Waals surface area contributed by atoms with Gasteiger partial charge in [-0.1, -0.05) is 0 Å². The van der Waals surface area contributed by atoms with Crippen LogP contribution < -0.4 is 4.74 Å². The van der Waals surface area contributed by atoms with Gasteiger partial charge < -0.3 is 4.74 Å². The van der Waals surface area contributed by atoms with Gasteiger partial charge in [0.05, 0.1) is 23.4 Å². The van der Waals surface area contributed by atoms with Crippen molar-refractivity contribution in [2.45, 2.75) is 19.8 Å². The second-order valence-corrected chi connectivity index (χ2v) is 4.68. The molecule has 0 amide bonds. The third-order valence-corrected chi connectivity index (χ3v) is 3.37. The van der Waals surface area contributed by atoms with Crippen LogP contribution in [0.25, 0.3) is 11.3 Å². The van der Waals surface area contributed by atoms with Crippen LogP contribution in [0.1, 0.15) is 18.4 Å². The zero-order valence-corrected chi connectivity index (χ0v) is 11.0. The van der Waals surface area contributed by atoms with E-state index in [4.69, 9.17) is 10.00 Å². The first-order valence-corrected chi connectivity index (χ1v) is 6.76. The topological polar surface area (TPSA) is 45.9 Å². The minimum absolute atomic E-state index is 0.524. The molecule has 92 valence electrons. The SMILES string of the molecule is CCOc1ccc(-c2csc(CCC#N)n2)cc1. The van der Waals surface area contributed by atoms with Crippen LogP contribution in [0.5, 0.6) is 5.75 Å². The first-order valence-electron chi connectivity index (χ1n) is 5.88. The predicted molar refractivity (Wildman–Crippen MR) is 72.7 cm³/mol. The maximum atomic E-state index is 8.55. The molecule has 0 aliphatic carbocycles. The fraction of sp³-hybridized carbons (Fsp3) is 0.286. The number of benzene rings is 1. The van der Waals surface area contributed by atoms with Gasteiger partial charge in [-0.25, -0.2) is 4.98 Å². The van der Waals surface area contributed by atoms with Gasteiger partial charge in [-0.05, 0) is 31.2 Å². The van der Waals surface area contributed by atoms with E-state index < -0.39 is 0 Å². The lowest BCUT2D eigenvalue weighted by Gasteiger charge is -2.03. The van der Waals surface area contributed by atoms with Gasteiger partial charge in [-0.3, -0.25) is 0 Å². The third kappa shape index (κ3) is 3.08. The molecule has 0 saturated heterocycles. The Morgan fingerprint density at radius 1 is 1.33 bits per heavy atom. The minimum atomic E-state index is 0.524. The van der Waals surface area contributed by atoms with Crippen molar-refractivity contribution in [2.24, 2.45) is 0 Å². The highest BCUT2D eigenvalue weighted by Gasteiger charge is 2.04. The molecule has 1 aromatic heterocycles. The highest BCUT2D eigenvalue weighted by molar-refractivity contribution is 7.09. The van der Waals surface area contributed by atoms with Crippen molar-refractivity contribution in [1.29, 1.82) is 5.26 Å². The molecule has 1 heterocycles. The molecule has 0 bridgehead atoms. The minimum Gasteiger partial charge on any atom is -0.494 e. The summed E-state index contributed by atoms with van der Waals surface area (Å²) < 4.78 is 5.40. The van der Waals surface area contributed by atoms with Crippen LogP contribution in [0.3, 0.4) is 0 Å². The lowest BCUT2D eigenvalue weighted by atomic mass is 10.2. The average molecular weight is 258 g/mol. The summed E-state index contributed by atoms with van der Waals surface area (Å²) in [6, 6.07) is 10.1. The Balaban J connectivity index is 2.11. The zero-order chi connectivity index (χ0) is 12.8. The van der Waals surface area contributed by atoms with Gasteiger partial charge in [0.25, 0.3) is 0 Å². The van der Waals surface area contributed by atoms with Gasteiger partial charge >= 0.3 is 0 Å². The molecule has 0 aliphatic heterocycles. The van der Waals surface area contributed by atoms with Crippen molar-refractivity contribution in [1.82, 2.24) is 4.98 Å². The van der Waals surface area contributed by atoms with E-state index in [0.717, 1.165) is 28.4 Å². The molecule has 0 N–H and O–H groups in total. The van der Waals surface area contributed by atoms with Crippen molar-refractivity contribution < 1.29 is 4.74 Å². The van der Waals surface area contributed by atoms with E-state index in [1.807, 2.05) is 36.6 Å². The van der Waals surface area contributed by atoms with E-state index in [1.165, 1.54) is 0 Å². The van der Waals surface area contributed by atoms with Crippen LogP contribution in [0.15, 0.2) is 29.6 Å². The number of hydrogen-bond acceptors (Lipinski definition) is 4. The molecular weight excluding hydrogens is 244 g/mol. The standard InChI is InChI=1S/C14H14N2OS/c1-2-17-12-7-5-11(6-8-12)13-10-18-14(16-13)4-3-9-15/h5-8,10H,2-4H2,1H3. The number of rotatable bonds is 5. The highest BCUT2D eigenvalue weighted by atomic mass is 32.1. The fourth-order valence-electron chi connectivity index (χ4n) is 1.61. The average Bonchev–Trinajstić information content (AvgIpc) is 2.86. The molecule has 2 rings (SSSR count). The predicted octanol–water partition coefficient (Wildman–Crippen LogP) is 3.66. The Labute approximate surface area is 111 Å². The number of nitriles is 1. The van der Waals surface area contributed by atoms with E-state index in [1.54, 1.807) is 11.3 Å². The number of aryl methyl sites for hydroxylation is 1. The molecule has 0 spiro atoms. The van der Waals surface area contributed by atoms with Crippen LogP contribution in [0.2, 0.25) is 0 Å². The van der Waals surface area contributed by atoms with Crippen LogP contribution in [0, 0.1) is 11.3 Å². The van der Waals surface area contributed by atoms with Crippen molar-refractivity contribution >= 4 is 11.3 Å². The molecule has 0 unspecified atom stereocenters. The maximum absolute atomic E-state index is 8.55. The fourth-order valence-corrected chi connectivity index (χ4v) is 2.42. The number of ether oxygens (including phenoxy) is 1. The molecule has 4 heteroatoms. The van der Waals surface area contributed by atoms with Gasteiger partial charge in [-0.15, -0.1) is 11.3 Å². The highest BCUT2D eigenvalue weighted by Crippen LogP contribution is 2.24. The Bertz CT molecular complexity index is 540. The first kappa shape index (κ1) is 12.6. The van der Waals surface area contributed by atoms with Crippen LogP contribution >= 0.6 is 11.3 Å². The second kappa shape index (κ2) is 6.18. The van der Waals surface area contributed by atoms with Crippen molar-refractivity contribution in [3.63, 3.8) is 0 Å². The Morgan fingerprint density at radius 3 is 2.78 bits per heavy atom. The molecule has 0 fully saturated rings. The number of hydrogen-bond donors (Lipinski definition) is 0. The molecule has 0 aliphatic rings. The van der Waals surface area contributed by atoms with E-state index in [0.29, 0.717) is 13.0 Å². The van der Waals surface area contributed by atoms with Crippen molar-refractivity contribution in [2.75, 3.05) is 6.61 Å². The maximum Gasteiger partial charge on any atom is 0.119 e. The summed E-state index contributed by atoms with van der Waals surface area (Å²) in [5, 5.41) is 11.6. The van der Waals surface area contributed by atoms with E-state index in [2.05, 4.69) is 11.1 Å². The van der Waals surface area contributed by atoms with Gasteiger partial charge in [0.2, 0.25) is 0 Å². The second-order valence-electron chi connectivity index (χ2n) is 3.74. The summed E-state index contributed by atoms with van der Waals surface area (Å²) in [6.45, 7) is 2.64. The summed E-state index contributed by atoms with van der Waals surface area (Å²) in [5.74, 6) is 0.876. The first-order chi connectivity index (χ1) is 8.83. The van der Waals surface area contributed by atoms with Crippen LogP contribution in [0.4, 0.5) is 0 Å². The number of nitrogens with zero attached hydrogens (tertiary/aromatic N) is 2. The van der Waals surface area contributed by atoms with E-state index >= 15 is 0 Å². The Kier molecular flexibility index (Phi) is 4.32. The van der Waals surface area contributed by atoms with Crippen LogP contribution in [-0.2, 0) is 6.42 Å². The zero-order valence-electron chi connectivity index (χ0n) is 10.2. The summed E-state index contributed by atoms with van der Waals surface area (Å²) in [7, 11) is 0. The van der Waals surface area contributed by atoms with E-state index in [9.17, 15) is 0 Å². The lowest BCUT2D eigenvalue weighted by Crippen LogP contribution is -1.90. The molecule has 0 radical (unpaired) electrons.